The van der Waals surface area contributed by atoms with Crippen LogP contribution in [0, 0.1) is 3.57 Å². The molecule has 0 atom stereocenters. The van der Waals surface area contributed by atoms with Crippen LogP contribution in [0.1, 0.15) is 5.82 Å². The quantitative estimate of drug-likeness (QED) is 0.751. The summed E-state index contributed by atoms with van der Waals surface area (Å²) in [5, 5.41) is 0.424. The van der Waals surface area contributed by atoms with Gasteiger partial charge in [0.05, 0.1) is 5.52 Å². The number of halogens is 4. The molecule has 0 saturated carbocycles. The third-order valence-corrected chi connectivity index (χ3v) is 2.61. The molecule has 2 rings (SSSR count). The Kier molecular flexibility index (Phi) is 2.64. The zero-order valence-corrected chi connectivity index (χ0v) is 9.87. The van der Waals surface area contributed by atoms with E-state index in [4.69, 9.17) is 5.73 Å². The predicted molar refractivity (Wildman–Crippen MR) is 61.7 cm³/mol. The average molecular weight is 339 g/mol. The fraction of sp³-hybridized carbons (Fsp3) is 0.111. The van der Waals surface area contributed by atoms with Crippen LogP contribution in [-0.4, -0.2) is 9.97 Å². The fourth-order valence-corrected chi connectivity index (χ4v) is 1.73. The third kappa shape index (κ3) is 2.04. The number of nitrogens with two attached hydrogens (primary N) is 1. The largest absolute Gasteiger partial charge is 0.451 e. The highest BCUT2D eigenvalue weighted by Crippen LogP contribution is 2.29. The summed E-state index contributed by atoms with van der Waals surface area (Å²) >= 11 is 1.99. The van der Waals surface area contributed by atoms with Gasteiger partial charge in [0.2, 0.25) is 5.82 Å². The molecule has 0 aliphatic heterocycles. The minimum absolute atomic E-state index is 0.159. The Hall–Kier alpha value is -1.12. The summed E-state index contributed by atoms with van der Waals surface area (Å²) in [4.78, 5) is 6.69. The molecule has 0 unspecified atom stereocenters. The summed E-state index contributed by atoms with van der Waals surface area (Å²) < 4.78 is 38.0. The number of alkyl halides is 3. The molecule has 84 valence electrons. The smallest absolute Gasteiger partial charge is 0.383 e. The summed E-state index contributed by atoms with van der Waals surface area (Å²) in [5.41, 5.74) is 5.65. The fourth-order valence-electron chi connectivity index (χ4n) is 1.25. The summed E-state index contributed by atoms with van der Waals surface area (Å²) in [7, 11) is 0. The molecule has 1 heterocycles. The van der Waals surface area contributed by atoms with E-state index in [-0.39, 0.29) is 11.3 Å². The molecule has 0 bridgehead atoms. The normalized spacial score (nSPS) is 12.0. The number of nitrogen functional groups attached to an aromatic ring is 1. The van der Waals surface area contributed by atoms with Crippen molar-refractivity contribution < 1.29 is 13.2 Å². The first-order valence-electron chi connectivity index (χ1n) is 4.18. The number of nitrogens with zero attached hydrogens (tertiary/aromatic N) is 2. The molecule has 0 saturated heterocycles. The van der Waals surface area contributed by atoms with Gasteiger partial charge < -0.3 is 5.73 Å². The van der Waals surface area contributed by atoms with Crippen LogP contribution in [0.5, 0.6) is 0 Å². The molecule has 0 fully saturated rings. The van der Waals surface area contributed by atoms with E-state index in [1.807, 2.05) is 22.6 Å². The van der Waals surface area contributed by atoms with Crippen LogP contribution in [0.4, 0.5) is 19.0 Å². The molecule has 0 spiro atoms. The first-order chi connectivity index (χ1) is 7.38. The van der Waals surface area contributed by atoms with Crippen LogP contribution in [0.25, 0.3) is 10.9 Å². The van der Waals surface area contributed by atoms with Gasteiger partial charge in [0, 0.05) is 8.96 Å². The van der Waals surface area contributed by atoms with Crippen LogP contribution >= 0.6 is 22.6 Å². The van der Waals surface area contributed by atoms with Crippen molar-refractivity contribution in [3.05, 3.63) is 27.6 Å². The number of aromatic nitrogens is 2. The maximum Gasteiger partial charge on any atom is 0.451 e. The molecular formula is C9H5F3IN3. The second kappa shape index (κ2) is 3.72. The minimum Gasteiger partial charge on any atom is -0.383 e. The standard InChI is InChI=1S/C9H5F3IN3/c10-9(11,12)8-15-6-3-4(13)1-2-5(6)7(14)16-8/h1-3H,(H2,14,15,16). The van der Waals surface area contributed by atoms with Crippen molar-refractivity contribution in [1.29, 1.82) is 0 Å². The molecule has 1 aromatic carbocycles. The Bertz CT molecular complexity index is 553. The predicted octanol–water partition coefficient (Wildman–Crippen LogP) is 2.84. The Morgan fingerprint density at radius 1 is 1.19 bits per heavy atom. The van der Waals surface area contributed by atoms with E-state index in [9.17, 15) is 13.2 Å². The van der Waals surface area contributed by atoms with Crippen molar-refractivity contribution in [1.82, 2.24) is 9.97 Å². The summed E-state index contributed by atoms with van der Waals surface area (Å²) in [6, 6.07) is 4.87. The van der Waals surface area contributed by atoms with E-state index in [2.05, 4.69) is 9.97 Å². The van der Waals surface area contributed by atoms with Crippen LogP contribution in [0.2, 0.25) is 0 Å². The van der Waals surface area contributed by atoms with Crippen molar-refractivity contribution >= 4 is 39.3 Å². The van der Waals surface area contributed by atoms with Gasteiger partial charge in [-0.3, -0.25) is 0 Å². The van der Waals surface area contributed by atoms with E-state index in [1.165, 1.54) is 6.07 Å². The molecule has 3 nitrogen and oxygen atoms in total. The van der Waals surface area contributed by atoms with Crippen LogP contribution in [0.15, 0.2) is 18.2 Å². The highest BCUT2D eigenvalue weighted by molar-refractivity contribution is 14.1. The SMILES string of the molecule is Nc1nc(C(F)(F)F)nc2cc(I)ccc12. The molecule has 2 N–H and O–H groups in total. The molecule has 0 amide bonds. The van der Waals surface area contributed by atoms with Crippen molar-refractivity contribution in [2.45, 2.75) is 6.18 Å². The maximum atomic E-state index is 12.4. The summed E-state index contributed by atoms with van der Waals surface area (Å²) in [5.74, 6) is -1.37. The van der Waals surface area contributed by atoms with Gasteiger partial charge in [-0.05, 0) is 40.8 Å². The zero-order chi connectivity index (χ0) is 11.9. The number of rotatable bonds is 0. The molecule has 0 aliphatic carbocycles. The second-order valence-electron chi connectivity index (χ2n) is 3.09. The number of hydrogen-bond acceptors (Lipinski definition) is 3. The lowest BCUT2D eigenvalue weighted by Gasteiger charge is -2.07. The molecule has 0 aliphatic rings. The van der Waals surface area contributed by atoms with Gasteiger partial charge in [0.25, 0.3) is 0 Å². The highest BCUT2D eigenvalue weighted by atomic mass is 127. The van der Waals surface area contributed by atoms with E-state index in [0.717, 1.165) is 3.57 Å². The van der Waals surface area contributed by atoms with Gasteiger partial charge in [-0.2, -0.15) is 13.2 Å². The van der Waals surface area contributed by atoms with E-state index < -0.39 is 12.0 Å². The number of benzene rings is 1. The van der Waals surface area contributed by atoms with Gasteiger partial charge in [0.15, 0.2) is 0 Å². The van der Waals surface area contributed by atoms with Gasteiger partial charge in [-0.1, -0.05) is 0 Å². The summed E-state index contributed by atoms with van der Waals surface area (Å²) in [6.45, 7) is 0. The lowest BCUT2D eigenvalue weighted by Crippen LogP contribution is -2.12. The molecular weight excluding hydrogens is 334 g/mol. The third-order valence-electron chi connectivity index (χ3n) is 1.94. The average Bonchev–Trinajstić information content (AvgIpc) is 2.15. The molecule has 16 heavy (non-hydrogen) atoms. The van der Waals surface area contributed by atoms with Gasteiger partial charge in [0.1, 0.15) is 5.82 Å². The Labute approximate surface area is 102 Å². The Morgan fingerprint density at radius 3 is 2.50 bits per heavy atom. The van der Waals surface area contributed by atoms with Crippen LogP contribution in [-0.2, 0) is 6.18 Å². The van der Waals surface area contributed by atoms with E-state index >= 15 is 0 Å². The van der Waals surface area contributed by atoms with Crippen molar-refractivity contribution in [3.8, 4) is 0 Å². The maximum absolute atomic E-state index is 12.4. The van der Waals surface area contributed by atoms with Crippen LogP contribution in [0.3, 0.4) is 0 Å². The van der Waals surface area contributed by atoms with Gasteiger partial charge in [-0.25, -0.2) is 9.97 Å². The number of fused-ring (bicyclic) bond motifs is 1. The van der Waals surface area contributed by atoms with Crippen molar-refractivity contribution in [2.75, 3.05) is 5.73 Å². The number of anilines is 1. The Morgan fingerprint density at radius 2 is 1.88 bits per heavy atom. The van der Waals surface area contributed by atoms with E-state index in [0.29, 0.717) is 5.39 Å². The monoisotopic (exact) mass is 339 g/mol. The molecule has 0 radical (unpaired) electrons. The first-order valence-corrected chi connectivity index (χ1v) is 5.26. The van der Waals surface area contributed by atoms with Crippen molar-refractivity contribution in [2.24, 2.45) is 0 Å². The lowest BCUT2D eigenvalue weighted by atomic mass is 10.2. The zero-order valence-electron chi connectivity index (χ0n) is 7.72. The first kappa shape index (κ1) is 11.4. The highest BCUT2D eigenvalue weighted by Gasteiger charge is 2.35. The molecule has 2 aromatic rings. The minimum atomic E-state index is -4.58. The topological polar surface area (TPSA) is 51.8 Å². The molecule has 1 aromatic heterocycles. The lowest BCUT2D eigenvalue weighted by molar-refractivity contribution is -0.144. The molecule has 7 heteroatoms. The summed E-state index contributed by atoms with van der Waals surface area (Å²) in [6.07, 6.45) is -4.58. The van der Waals surface area contributed by atoms with E-state index in [1.54, 1.807) is 12.1 Å². The van der Waals surface area contributed by atoms with Crippen molar-refractivity contribution in [3.63, 3.8) is 0 Å². The Balaban J connectivity index is 2.75. The number of hydrogen-bond donors (Lipinski definition) is 1. The van der Waals surface area contributed by atoms with Gasteiger partial charge >= 0.3 is 6.18 Å². The second-order valence-corrected chi connectivity index (χ2v) is 4.34. The van der Waals surface area contributed by atoms with Gasteiger partial charge in [-0.15, -0.1) is 0 Å². The van der Waals surface area contributed by atoms with Crippen LogP contribution < -0.4 is 5.73 Å².